The van der Waals surface area contributed by atoms with E-state index in [-0.39, 0.29) is 12.3 Å². The van der Waals surface area contributed by atoms with E-state index in [2.05, 4.69) is 0 Å². The lowest BCUT2D eigenvalue weighted by atomic mass is 9.93. The molecule has 15 heavy (non-hydrogen) atoms. The molecule has 0 aliphatic carbocycles. The molecule has 1 aromatic carbocycles. The van der Waals surface area contributed by atoms with Crippen LogP contribution < -0.4 is 0 Å². The number of aliphatic hydroxyl groups is 1. The summed E-state index contributed by atoms with van der Waals surface area (Å²) in [4.78, 5) is 10.5. The van der Waals surface area contributed by atoms with Gasteiger partial charge in [-0.15, -0.1) is 0 Å². The van der Waals surface area contributed by atoms with Gasteiger partial charge < -0.3 is 10.2 Å². The highest BCUT2D eigenvalue weighted by Gasteiger charge is 2.16. The van der Waals surface area contributed by atoms with Gasteiger partial charge in [0, 0.05) is 0 Å². The molecule has 1 rings (SSSR count). The van der Waals surface area contributed by atoms with Crippen molar-refractivity contribution in [3.63, 3.8) is 0 Å². The molecular weight excluding hydrogens is 192 g/mol. The molecule has 0 aromatic heterocycles. The van der Waals surface area contributed by atoms with Gasteiger partial charge >= 0.3 is 5.97 Å². The molecule has 82 valence electrons. The molecule has 1 aromatic rings. The van der Waals surface area contributed by atoms with E-state index in [4.69, 9.17) is 5.11 Å². The maximum atomic E-state index is 10.5. The first-order chi connectivity index (χ1) is 7.02. The minimum atomic E-state index is -0.985. The van der Waals surface area contributed by atoms with Crippen molar-refractivity contribution >= 4 is 5.97 Å². The topological polar surface area (TPSA) is 57.5 Å². The predicted molar refractivity (Wildman–Crippen MR) is 57.7 cm³/mol. The number of carbonyl (C=O) groups is 1. The third-order valence-corrected chi connectivity index (χ3v) is 2.34. The zero-order valence-corrected chi connectivity index (χ0v) is 8.97. The number of benzene rings is 1. The molecule has 3 heteroatoms. The summed E-state index contributed by atoms with van der Waals surface area (Å²) in [5.74, 6) is -0.703. The van der Waals surface area contributed by atoms with Gasteiger partial charge in [0.15, 0.2) is 0 Å². The maximum absolute atomic E-state index is 10.5. The van der Waals surface area contributed by atoms with Gasteiger partial charge in [-0.3, -0.25) is 4.79 Å². The molecule has 0 aliphatic rings. The molecule has 0 radical (unpaired) electrons. The first-order valence-electron chi connectivity index (χ1n) is 5.01. The average molecular weight is 208 g/mol. The van der Waals surface area contributed by atoms with E-state index in [0.29, 0.717) is 0 Å². The highest BCUT2D eigenvalue weighted by Crippen LogP contribution is 2.26. The van der Waals surface area contributed by atoms with E-state index in [1.54, 1.807) is 6.07 Å². The summed E-state index contributed by atoms with van der Waals surface area (Å²) < 4.78 is 0. The van der Waals surface area contributed by atoms with Crippen molar-refractivity contribution in [3.05, 3.63) is 35.4 Å². The molecule has 0 fully saturated rings. The van der Waals surface area contributed by atoms with Crippen molar-refractivity contribution in [2.75, 3.05) is 0 Å². The molecule has 0 spiro atoms. The van der Waals surface area contributed by atoms with Gasteiger partial charge in [-0.05, 0) is 17.0 Å². The second-order valence-electron chi connectivity index (χ2n) is 3.90. The normalized spacial score (nSPS) is 12.8. The lowest BCUT2D eigenvalue weighted by molar-refractivity contribution is -0.139. The number of aliphatic carboxylic acids is 1. The minimum Gasteiger partial charge on any atom is -0.481 e. The molecule has 0 aliphatic heterocycles. The fourth-order valence-electron chi connectivity index (χ4n) is 1.62. The van der Waals surface area contributed by atoms with Gasteiger partial charge in [0.05, 0.1) is 12.5 Å². The fraction of sp³-hybridized carbons (Fsp3) is 0.417. The molecule has 0 saturated carbocycles. The molecule has 2 N–H and O–H groups in total. The molecule has 3 nitrogen and oxygen atoms in total. The first-order valence-corrected chi connectivity index (χ1v) is 5.01. The van der Waals surface area contributed by atoms with Crippen LogP contribution in [-0.2, 0) is 4.79 Å². The summed E-state index contributed by atoms with van der Waals surface area (Å²) in [6.07, 6.45) is -1.16. The van der Waals surface area contributed by atoms with Crippen LogP contribution in [0.1, 0.15) is 43.4 Å². The second-order valence-corrected chi connectivity index (χ2v) is 3.90. The Morgan fingerprint density at radius 2 is 1.80 bits per heavy atom. The highest BCUT2D eigenvalue weighted by molar-refractivity contribution is 5.67. The molecule has 0 amide bonds. The summed E-state index contributed by atoms with van der Waals surface area (Å²) in [5.41, 5.74) is 1.72. The van der Waals surface area contributed by atoms with Crippen LogP contribution in [0.4, 0.5) is 0 Å². The van der Waals surface area contributed by atoms with Crippen molar-refractivity contribution in [1.29, 1.82) is 0 Å². The Bertz CT molecular complexity index is 344. The number of carboxylic acid groups (broad SMARTS) is 1. The largest absolute Gasteiger partial charge is 0.481 e. The van der Waals surface area contributed by atoms with Crippen molar-refractivity contribution in [2.45, 2.75) is 32.3 Å². The standard InChI is InChI=1S/C12H16O3/c1-8(2)9-5-3-4-6-10(9)11(13)7-12(14)15/h3-6,8,11,13H,7H2,1-2H3,(H,14,15)/t11-/m1/s1. The Kier molecular flexibility index (Phi) is 3.86. The minimum absolute atomic E-state index is 0.246. The first kappa shape index (κ1) is 11.7. The van der Waals surface area contributed by atoms with E-state index in [1.165, 1.54) is 0 Å². The number of hydrogen-bond donors (Lipinski definition) is 2. The molecule has 0 unspecified atom stereocenters. The number of aliphatic hydroxyl groups excluding tert-OH is 1. The SMILES string of the molecule is CC(C)c1ccccc1[C@H](O)CC(=O)O. The Morgan fingerprint density at radius 3 is 2.27 bits per heavy atom. The predicted octanol–water partition coefficient (Wildman–Crippen LogP) is 2.32. The van der Waals surface area contributed by atoms with Gasteiger partial charge in [-0.2, -0.15) is 0 Å². The summed E-state index contributed by atoms with van der Waals surface area (Å²) in [6.45, 7) is 4.04. The maximum Gasteiger partial charge on any atom is 0.306 e. The van der Waals surface area contributed by atoms with Crippen molar-refractivity contribution in [3.8, 4) is 0 Å². The van der Waals surface area contributed by atoms with Crippen molar-refractivity contribution in [2.24, 2.45) is 0 Å². The van der Waals surface area contributed by atoms with Crippen molar-refractivity contribution < 1.29 is 15.0 Å². The Hall–Kier alpha value is -1.35. The monoisotopic (exact) mass is 208 g/mol. The summed E-state index contributed by atoms with van der Waals surface area (Å²) in [5, 5.41) is 18.4. The molecular formula is C12H16O3. The fourth-order valence-corrected chi connectivity index (χ4v) is 1.62. The zero-order chi connectivity index (χ0) is 11.4. The van der Waals surface area contributed by atoms with Crippen LogP contribution in [0.15, 0.2) is 24.3 Å². The Morgan fingerprint density at radius 1 is 1.27 bits per heavy atom. The second kappa shape index (κ2) is 4.94. The van der Waals surface area contributed by atoms with E-state index >= 15 is 0 Å². The van der Waals surface area contributed by atoms with Crippen LogP contribution in [0.2, 0.25) is 0 Å². The Labute approximate surface area is 89.4 Å². The van der Waals surface area contributed by atoms with Gasteiger partial charge in [-0.1, -0.05) is 38.1 Å². The van der Waals surface area contributed by atoms with Crippen LogP contribution in [-0.4, -0.2) is 16.2 Å². The van der Waals surface area contributed by atoms with Gasteiger partial charge in [0.1, 0.15) is 0 Å². The van der Waals surface area contributed by atoms with Crippen LogP contribution >= 0.6 is 0 Å². The van der Waals surface area contributed by atoms with Crippen LogP contribution in [0.3, 0.4) is 0 Å². The number of carboxylic acids is 1. The van der Waals surface area contributed by atoms with E-state index in [1.807, 2.05) is 32.0 Å². The smallest absolute Gasteiger partial charge is 0.306 e. The van der Waals surface area contributed by atoms with Crippen LogP contribution in [0, 0.1) is 0 Å². The quantitative estimate of drug-likeness (QED) is 0.798. The van der Waals surface area contributed by atoms with Crippen LogP contribution in [0.5, 0.6) is 0 Å². The van der Waals surface area contributed by atoms with Gasteiger partial charge in [0.2, 0.25) is 0 Å². The van der Waals surface area contributed by atoms with Gasteiger partial charge in [0.25, 0.3) is 0 Å². The van der Waals surface area contributed by atoms with Gasteiger partial charge in [-0.25, -0.2) is 0 Å². The molecule has 1 atom stereocenters. The van der Waals surface area contributed by atoms with E-state index in [0.717, 1.165) is 11.1 Å². The summed E-state index contributed by atoms with van der Waals surface area (Å²) >= 11 is 0. The summed E-state index contributed by atoms with van der Waals surface area (Å²) in [7, 11) is 0. The molecule has 0 bridgehead atoms. The number of hydrogen-bond acceptors (Lipinski definition) is 2. The zero-order valence-electron chi connectivity index (χ0n) is 8.97. The third kappa shape index (κ3) is 3.06. The van der Waals surface area contributed by atoms with E-state index in [9.17, 15) is 9.90 Å². The summed E-state index contributed by atoms with van der Waals surface area (Å²) in [6, 6.07) is 7.41. The average Bonchev–Trinajstić information content (AvgIpc) is 2.16. The third-order valence-electron chi connectivity index (χ3n) is 2.34. The lowest BCUT2D eigenvalue weighted by Crippen LogP contribution is -2.08. The molecule has 0 heterocycles. The molecule has 0 saturated heterocycles. The number of rotatable bonds is 4. The highest BCUT2D eigenvalue weighted by atomic mass is 16.4. The Balaban J connectivity index is 2.97. The lowest BCUT2D eigenvalue weighted by Gasteiger charge is -2.16. The van der Waals surface area contributed by atoms with Crippen LogP contribution in [0.25, 0.3) is 0 Å². The van der Waals surface area contributed by atoms with Crippen molar-refractivity contribution in [1.82, 2.24) is 0 Å². The van der Waals surface area contributed by atoms with E-state index < -0.39 is 12.1 Å².